The number of carbonyl (C=O) groups is 1. The van der Waals surface area contributed by atoms with E-state index in [0.717, 1.165) is 18.4 Å². The first-order valence-corrected chi connectivity index (χ1v) is 11.9. The lowest BCUT2D eigenvalue weighted by Crippen LogP contribution is -2.32. The van der Waals surface area contributed by atoms with Crippen molar-refractivity contribution in [2.75, 3.05) is 20.2 Å². The maximum Gasteiger partial charge on any atom is 0.253 e. The molecule has 10 heteroatoms. The van der Waals surface area contributed by atoms with Gasteiger partial charge in [-0.15, -0.1) is 0 Å². The standard InChI is InChI=1S/C20H21Cl3N2O4S/c1-25(12-14-4-6-15(21)10-18(14)23)20(26)13-5-7-17(22)19(9-13)30(27,28)24-11-16-3-2-8-29-16/h4-7,9-10,16,24H,2-3,8,11-12H2,1H3. The number of hydrogen-bond acceptors (Lipinski definition) is 4. The van der Waals surface area contributed by atoms with Crippen LogP contribution in [0.3, 0.4) is 0 Å². The lowest BCUT2D eigenvalue weighted by atomic mass is 10.1. The Balaban J connectivity index is 1.76. The van der Waals surface area contributed by atoms with Gasteiger partial charge in [-0.05, 0) is 48.7 Å². The molecule has 1 saturated heterocycles. The molecule has 30 heavy (non-hydrogen) atoms. The molecular formula is C20H21Cl3N2O4S. The van der Waals surface area contributed by atoms with Gasteiger partial charge in [0.25, 0.3) is 5.91 Å². The van der Waals surface area contributed by atoms with E-state index < -0.39 is 10.0 Å². The van der Waals surface area contributed by atoms with Crippen molar-refractivity contribution in [2.45, 2.75) is 30.4 Å². The van der Waals surface area contributed by atoms with E-state index in [9.17, 15) is 13.2 Å². The SMILES string of the molecule is CN(Cc1ccc(Cl)cc1Cl)C(=O)c1ccc(Cl)c(S(=O)(=O)NCC2CCCO2)c1. The van der Waals surface area contributed by atoms with Crippen molar-refractivity contribution in [2.24, 2.45) is 0 Å². The minimum atomic E-state index is -3.90. The Hall–Kier alpha value is -1.35. The van der Waals surface area contributed by atoms with E-state index in [0.29, 0.717) is 16.7 Å². The zero-order valence-electron chi connectivity index (χ0n) is 16.2. The van der Waals surface area contributed by atoms with E-state index in [1.165, 1.54) is 23.1 Å². The fourth-order valence-corrected chi connectivity index (χ4v) is 5.18. The Morgan fingerprint density at radius 3 is 2.60 bits per heavy atom. The minimum absolute atomic E-state index is 0.0368. The zero-order valence-corrected chi connectivity index (χ0v) is 19.3. The lowest BCUT2D eigenvalue weighted by Gasteiger charge is -2.19. The fraction of sp³-hybridized carbons (Fsp3) is 0.350. The van der Waals surface area contributed by atoms with Gasteiger partial charge in [0.05, 0.1) is 11.1 Å². The van der Waals surface area contributed by atoms with E-state index in [1.54, 1.807) is 25.2 Å². The summed E-state index contributed by atoms with van der Waals surface area (Å²) in [6.07, 6.45) is 1.55. The highest BCUT2D eigenvalue weighted by Crippen LogP contribution is 2.25. The second-order valence-electron chi connectivity index (χ2n) is 7.03. The molecule has 0 radical (unpaired) electrons. The van der Waals surface area contributed by atoms with Gasteiger partial charge in [0.15, 0.2) is 0 Å². The van der Waals surface area contributed by atoms with Crippen LogP contribution in [0.4, 0.5) is 0 Å². The number of amides is 1. The summed E-state index contributed by atoms with van der Waals surface area (Å²) in [6, 6.07) is 9.20. The molecule has 0 aliphatic carbocycles. The average Bonchev–Trinajstić information content (AvgIpc) is 3.22. The first-order valence-electron chi connectivity index (χ1n) is 9.27. The van der Waals surface area contributed by atoms with E-state index in [-0.39, 0.29) is 40.6 Å². The normalized spacial score (nSPS) is 16.6. The van der Waals surface area contributed by atoms with Gasteiger partial charge >= 0.3 is 0 Å². The summed E-state index contributed by atoms with van der Waals surface area (Å²) >= 11 is 18.2. The van der Waals surface area contributed by atoms with Crippen LogP contribution in [-0.2, 0) is 21.3 Å². The van der Waals surface area contributed by atoms with E-state index in [2.05, 4.69) is 4.72 Å². The Kier molecular flexibility index (Phi) is 7.66. The molecule has 1 atom stereocenters. The van der Waals surface area contributed by atoms with Crippen molar-refractivity contribution in [1.29, 1.82) is 0 Å². The quantitative estimate of drug-likeness (QED) is 0.624. The van der Waals surface area contributed by atoms with Gasteiger partial charge in [-0.25, -0.2) is 13.1 Å². The maximum absolute atomic E-state index is 12.9. The van der Waals surface area contributed by atoms with Crippen LogP contribution < -0.4 is 4.72 Å². The fourth-order valence-electron chi connectivity index (χ4n) is 3.13. The highest BCUT2D eigenvalue weighted by Gasteiger charge is 2.24. The summed E-state index contributed by atoms with van der Waals surface area (Å²) < 4.78 is 33.4. The second kappa shape index (κ2) is 9.85. The summed E-state index contributed by atoms with van der Waals surface area (Å²) in [5.41, 5.74) is 0.918. The topological polar surface area (TPSA) is 75.7 Å². The first-order chi connectivity index (χ1) is 14.2. The van der Waals surface area contributed by atoms with E-state index in [1.807, 2.05) is 0 Å². The number of carbonyl (C=O) groups excluding carboxylic acids is 1. The highest BCUT2D eigenvalue weighted by molar-refractivity contribution is 7.89. The molecule has 1 heterocycles. The molecule has 1 N–H and O–H groups in total. The summed E-state index contributed by atoms with van der Waals surface area (Å²) in [5, 5.41) is 0.982. The number of nitrogens with one attached hydrogen (secondary N) is 1. The number of sulfonamides is 1. The molecule has 0 spiro atoms. The largest absolute Gasteiger partial charge is 0.377 e. The number of benzene rings is 2. The molecule has 1 amide bonds. The summed E-state index contributed by atoms with van der Waals surface area (Å²) in [6.45, 7) is 1.02. The molecule has 1 aliphatic rings. The van der Waals surface area contributed by atoms with Crippen LogP contribution in [0.15, 0.2) is 41.3 Å². The second-order valence-corrected chi connectivity index (χ2v) is 10.0. The molecule has 0 bridgehead atoms. The van der Waals surface area contributed by atoms with E-state index in [4.69, 9.17) is 39.5 Å². The average molecular weight is 492 g/mol. The van der Waals surface area contributed by atoms with Crippen LogP contribution in [0.2, 0.25) is 15.1 Å². The van der Waals surface area contributed by atoms with Crippen LogP contribution in [0.25, 0.3) is 0 Å². The Morgan fingerprint density at radius 1 is 1.17 bits per heavy atom. The molecule has 1 aliphatic heterocycles. The van der Waals surface area contributed by atoms with Gasteiger partial charge in [-0.1, -0.05) is 40.9 Å². The van der Waals surface area contributed by atoms with Crippen LogP contribution in [0.1, 0.15) is 28.8 Å². The van der Waals surface area contributed by atoms with Gasteiger partial charge in [-0.2, -0.15) is 0 Å². The summed E-state index contributed by atoms with van der Waals surface area (Å²) in [7, 11) is -2.30. The summed E-state index contributed by atoms with van der Waals surface area (Å²) in [4.78, 5) is 14.2. The smallest absolute Gasteiger partial charge is 0.253 e. The van der Waals surface area contributed by atoms with Gasteiger partial charge < -0.3 is 9.64 Å². The van der Waals surface area contributed by atoms with Crippen molar-refractivity contribution in [3.05, 3.63) is 62.6 Å². The third kappa shape index (κ3) is 5.66. The molecule has 3 rings (SSSR count). The lowest BCUT2D eigenvalue weighted by molar-refractivity contribution is 0.0785. The molecule has 1 fully saturated rings. The summed E-state index contributed by atoms with van der Waals surface area (Å²) in [5.74, 6) is -0.367. The number of halogens is 3. The van der Waals surface area contributed by atoms with Crippen molar-refractivity contribution >= 4 is 50.7 Å². The number of nitrogens with zero attached hydrogens (tertiary/aromatic N) is 1. The third-order valence-corrected chi connectivity index (χ3v) is 7.25. The predicted octanol–water partition coefficient (Wildman–Crippen LogP) is 4.38. The molecule has 0 aromatic heterocycles. The van der Waals surface area contributed by atoms with Crippen LogP contribution in [-0.4, -0.2) is 45.5 Å². The monoisotopic (exact) mass is 490 g/mol. The first kappa shape index (κ1) is 23.3. The van der Waals surface area contributed by atoms with Crippen molar-refractivity contribution < 1.29 is 17.9 Å². The molecule has 2 aromatic carbocycles. The number of hydrogen-bond donors (Lipinski definition) is 1. The maximum atomic E-state index is 12.9. The van der Waals surface area contributed by atoms with Gasteiger partial charge in [-0.3, -0.25) is 4.79 Å². The molecule has 162 valence electrons. The highest BCUT2D eigenvalue weighted by atomic mass is 35.5. The minimum Gasteiger partial charge on any atom is -0.377 e. The molecular weight excluding hydrogens is 471 g/mol. The van der Waals surface area contributed by atoms with Gasteiger partial charge in [0.2, 0.25) is 10.0 Å². The molecule has 1 unspecified atom stereocenters. The van der Waals surface area contributed by atoms with E-state index >= 15 is 0 Å². The Labute approximate surface area is 191 Å². The number of rotatable bonds is 7. The molecule has 2 aromatic rings. The Morgan fingerprint density at radius 2 is 1.93 bits per heavy atom. The Bertz CT molecular complexity index is 1040. The number of ether oxygens (including phenoxy) is 1. The zero-order chi connectivity index (χ0) is 21.9. The van der Waals surface area contributed by atoms with Gasteiger partial charge in [0, 0.05) is 42.4 Å². The molecule has 0 saturated carbocycles. The van der Waals surface area contributed by atoms with Crippen molar-refractivity contribution in [3.63, 3.8) is 0 Å². The third-order valence-electron chi connectivity index (χ3n) is 4.76. The molecule has 6 nitrogen and oxygen atoms in total. The van der Waals surface area contributed by atoms with Gasteiger partial charge in [0.1, 0.15) is 4.90 Å². The van der Waals surface area contributed by atoms with Crippen LogP contribution >= 0.6 is 34.8 Å². The van der Waals surface area contributed by atoms with Crippen molar-refractivity contribution in [1.82, 2.24) is 9.62 Å². The van der Waals surface area contributed by atoms with Crippen molar-refractivity contribution in [3.8, 4) is 0 Å². The predicted molar refractivity (Wildman–Crippen MR) is 118 cm³/mol. The van der Waals surface area contributed by atoms with Crippen LogP contribution in [0, 0.1) is 0 Å². The van der Waals surface area contributed by atoms with Crippen LogP contribution in [0.5, 0.6) is 0 Å².